The van der Waals surface area contributed by atoms with Crippen molar-refractivity contribution < 1.29 is 8.42 Å². The monoisotopic (exact) mass is 345 g/mol. The smallest absolute Gasteiger partial charge is 0.250 e. The lowest BCUT2D eigenvalue weighted by Gasteiger charge is -2.10. The van der Waals surface area contributed by atoms with Crippen LogP contribution in [0, 0.1) is 6.92 Å². The first-order valence-corrected chi connectivity index (χ1v) is 9.72. The first-order valence-electron chi connectivity index (χ1n) is 6.60. The molecule has 2 N–H and O–H groups in total. The van der Waals surface area contributed by atoms with Crippen LogP contribution in [0.1, 0.15) is 27.7 Å². The first kappa shape index (κ1) is 16.6. The molecule has 0 aliphatic heterocycles. The van der Waals surface area contributed by atoms with Gasteiger partial charge in [-0.05, 0) is 46.0 Å². The zero-order valence-corrected chi connectivity index (χ0v) is 14.7. The van der Waals surface area contributed by atoms with Gasteiger partial charge in [0.1, 0.15) is 9.22 Å². The lowest BCUT2D eigenvalue weighted by Crippen LogP contribution is -2.26. The minimum absolute atomic E-state index is 0.323. The van der Waals surface area contributed by atoms with Gasteiger partial charge in [0.15, 0.2) is 0 Å². The number of hydrogen-bond acceptors (Lipinski definition) is 6. The van der Waals surface area contributed by atoms with Crippen LogP contribution in [0.15, 0.2) is 22.5 Å². The molecule has 2 heterocycles. The zero-order valence-electron chi connectivity index (χ0n) is 12.2. The van der Waals surface area contributed by atoms with Gasteiger partial charge in [0.2, 0.25) is 0 Å². The van der Waals surface area contributed by atoms with Gasteiger partial charge in [-0.2, -0.15) is 0 Å². The average molecular weight is 346 g/mol. The molecule has 1 atom stereocenters. The Morgan fingerprint density at radius 1 is 1.33 bits per heavy atom. The predicted octanol–water partition coefficient (Wildman–Crippen LogP) is 2.31. The van der Waals surface area contributed by atoms with Gasteiger partial charge < -0.3 is 5.32 Å². The van der Waals surface area contributed by atoms with Crippen LogP contribution in [0.25, 0.3) is 0 Å². The van der Waals surface area contributed by atoms with Crippen molar-refractivity contribution in [1.29, 1.82) is 0 Å². The van der Waals surface area contributed by atoms with E-state index in [1.807, 2.05) is 27.0 Å². The van der Waals surface area contributed by atoms with Crippen LogP contribution < -0.4 is 10.0 Å². The van der Waals surface area contributed by atoms with Crippen LogP contribution in [-0.4, -0.2) is 27.0 Å². The van der Waals surface area contributed by atoms with E-state index >= 15 is 0 Å². The minimum atomic E-state index is -3.49. The summed E-state index contributed by atoms with van der Waals surface area (Å²) in [6.07, 6.45) is 2.59. The van der Waals surface area contributed by atoms with E-state index in [4.69, 9.17) is 0 Å². The topological polar surface area (TPSA) is 71.1 Å². The van der Waals surface area contributed by atoms with E-state index in [9.17, 15) is 8.42 Å². The largest absolute Gasteiger partial charge is 0.319 e. The molecule has 0 amide bonds. The maximum absolute atomic E-state index is 12.4. The summed E-state index contributed by atoms with van der Waals surface area (Å²) in [5.74, 6) is 0. The highest BCUT2D eigenvalue weighted by atomic mass is 32.2. The van der Waals surface area contributed by atoms with E-state index in [0.29, 0.717) is 4.21 Å². The molecular weight excluding hydrogens is 326 g/mol. The summed E-state index contributed by atoms with van der Waals surface area (Å²) < 4.78 is 27.8. The number of thiophene rings is 1. The number of hydrogen-bond donors (Lipinski definition) is 2. The number of nitrogens with zero attached hydrogens (tertiary/aromatic N) is 1. The van der Waals surface area contributed by atoms with E-state index in [1.165, 1.54) is 22.7 Å². The normalized spacial score (nSPS) is 13.5. The minimum Gasteiger partial charge on any atom is -0.319 e. The Morgan fingerprint density at radius 3 is 2.71 bits per heavy atom. The van der Waals surface area contributed by atoms with E-state index in [1.54, 1.807) is 12.3 Å². The highest BCUT2D eigenvalue weighted by Gasteiger charge is 2.21. The second-order valence-electron chi connectivity index (χ2n) is 4.73. The van der Waals surface area contributed by atoms with Gasteiger partial charge in [-0.25, -0.2) is 18.1 Å². The highest BCUT2D eigenvalue weighted by Crippen LogP contribution is 2.25. The molecule has 0 spiro atoms. The molecule has 0 aliphatic carbocycles. The van der Waals surface area contributed by atoms with Crippen molar-refractivity contribution in [2.45, 2.75) is 30.5 Å². The van der Waals surface area contributed by atoms with Gasteiger partial charge in [-0.15, -0.1) is 22.7 Å². The van der Waals surface area contributed by atoms with E-state index in [0.717, 1.165) is 27.7 Å². The lowest BCUT2D eigenvalue weighted by molar-refractivity contribution is 0.568. The predicted molar refractivity (Wildman–Crippen MR) is 87.5 cm³/mol. The van der Waals surface area contributed by atoms with E-state index < -0.39 is 10.0 Å². The molecule has 0 fully saturated rings. The van der Waals surface area contributed by atoms with Crippen molar-refractivity contribution in [1.82, 2.24) is 15.0 Å². The number of aromatic nitrogens is 1. The van der Waals surface area contributed by atoms with Crippen LogP contribution in [0.5, 0.6) is 0 Å². The summed E-state index contributed by atoms with van der Waals surface area (Å²) in [6, 6.07) is 3.21. The molecule has 0 aliphatic rings. The Kier molecular flexibility index (Phi) is 5.50. The summed E-state index contributed by atoms with van der Waals surface area (Å²) in [6.45, 7) is 4.60. The fourth-order valence-corrected chi connectivity index (χ4v) is 5.23. The quantitative estimate of drug-likeness (QED) is 0.808. The van der Waals surface area contributed by atoms with E-state index in [-0.39, 0.29) is 6.04 Å². The summed E-state index contributed by atoms with van der Waals surface area (Å²) in [4.78, 5) is 6.35. The Hall–Kier alpha value is -0.800. The summed E-state index contributed by atoms with van der Waals surface area (Å²) >= 11 is 2.82. The van der Waals surface area contributed by atoms with Crippen LogP contribution in [0.2, 0.25) is 0 Å². The fraction of sp³-hybridized carbons (Fsp3) is 0.462. The summed E-state index contributed by atoms with van der Waals surface area (Å²) in [5, 5.41) is 3.84. The molecule has 2 rings (SSSR count). The van der Waals surface area contributed by atoms with Crippen molar-refractivity contribution in [3.05, 3.63) is 33.1 Å². The number of sulfonamides is 1. The zero-order chi connectivity index (χ0) is 15.5. The average Bonchev–Trinajstić information content (AvgIpc) is 3.05. The summed E-state index contributed by atoms with van der Waals surface area (Å²) in [7, 11) is -1.61. The van der Waals surface area contributed by atoms with Crippen LogP contribution in [-0.2, 0) is 16.4 Å². The molecule has 116 valence electrons. The molecular formula is C13H19N3O2S3. The standard InChI is InChI=1S/C13H19N3O2S3/c1-9-8-15-13(19-9)10(2)16-21(17,18)12-5-4-11(20-12)6-7-14-3/h4-5,8,10,14,16H,6-7H2,1-3H3. The number of aryl methyl sites for hydroxylation is 1. The third kappa shape index (κ3) is 4.33. The number of thiazole rings is 1. The van der Waals surface area contributed by atoms with Crippen molar-refractivity contribution >= 4 is 32.7 Å². The molecule has 0 saturated heterocycles. The van der Waals surface area contributed by atoms with Crippen molar-refractivity contribution in [2.24, 2.45) is 0 Å². The molecule has 2 aromatic rings. The summed E-state index contributed by atoms with van der Waals surface area (Å²) in [5.41, 5.74) is 0. The fourth-order valence-electron chi connectivity index (χ4n) is 1.80. The van der Waals surface area contributed by atoms with Gasteiger partial charge in [-0.3, -0.25) is 0 Å². The molecule has 2 aromatic heterocycles. The maximum atomic E-state index is 12.4. The first-order chi connectivity index (χ1) is 9.92. The Balaban J connectivity index is 2.09. The maximum Gasteiger partial charge on any atom is 0.250 e. The molecule has 0 radical (unpaired) electrons. The van der Waals surface area contributed by atoms with Gasteiger partial charge >= 0.3 is 0 Å². The number of rotatable bonds is 7. The third-order valence-corrected chi connectivity index (χ3v) is 7.14. The molecule has 5 nitrogen and oxygen atoms in total. The Bertz CT molecular complexity index is 691. The van der Waals surface area contributed by atoms with Crippen LogP contribution in [0.3, 0.4) is 0 Å². The molecule has 1 unspecified atom stereocenters. The van der Waals surface area contributed by atoms with Gasteiger partial charge in [-0.1, -0.05) is 0 Å². The van der Waals surface area contributed by atoms with Crippen molar-refractivity contribution in [3.63, 3.8) is 0 Å². The Labute approximate surface area is 133 Å². The molecule has 8 heteroatoms. The van der Waals surface area contributed by atoms with Crippen LogP contribution >= 0.6 is 22.7 Å². The molecule has 21 heavy (non-hydrogen) atoms. The van der Waals surface area contributed by atoms with E-state index in [2.05, 4.69) is 15.0 Å². The van der Waals surface area contributed by atoms with Gasteiger partial charge in [0.05, 0.1) is 6.04 Å². The van der Waals surface area contributed by atoms with Crippen molar-refractivity contribution in [3.8, 4) is 0 Å². The molecule has 0 bridgehead atoms. The second-order valence-corrected chi connectivity index (χ2v) is 9.10. The second kappa shape index (κ2) is 6.97. The number of likely N-dealkylation sites (N-methyl/N-ethyl adjacent to an activating group) is 1. The molecule has 0 aromatic carbocycles. The van der Waals surface area contributed by atoms with Crippen molar-refractivity contribution in [2.75, 3.05) is 13.6 Å². The molecule has 0 saturated carbocycles. The highest BCUT2D eigenvalue weighted by molar-refractivity contribution is 7.91. The Morgan fingerprint density at radius 2 is 2.10 bits per heavy atom. The van der Waals surface area contributed by atoms with Crippen LogP contribution in [0.4, 0.5) is 0 Å². The van der Waals surface area contributed by atoms with Gasteiger partial charge in [0.25, 0.3) is 10.0 Å². The van der Waals surface area contributed by atoms with Gasteiger partial charge in [0, 0.05) is 16.0 Å². The number of nitrogens with one attached hydrogen (secondary N) is 2. The third-order valence-electron chi connectivity index (χ3n) is 2.86. The SMILES string of the molecule is CNCCc1ccc(S(=O)(=O)NC(C)c2ncc(C)s2)s1. The lowest BCUT2D eigenvalue weighted by atomic mass is 10.3.